The molecule has 0 atom stereocenters. The molecule has 0 aromatic rings. The Morgan fingerprint density at radius 1 is 1.80 bits per heavy atom. The fourth-order valence-corrected chi connectivity index (χ4v) is 0. The zero-order valence-electron chi connectivity index (χ0n) is 3.09. The van der Waals surface area contributed by atoms with E-state index in [0.717, 1.165) is 6.42 Å². The molecular weight excluding hydrogens is 112 g/mol. The largest absolute Gasteiger partial charge is 0.120 e. The molecule has 0 unspecified atom stereocenters. The van der Waals surface area contributed by atoms with Gasteiger partial charge in [-0.05, 0) is 0 Å². The maximum absolute atomic E-state index is 4.78. The van der Waals surface area contributed by atoms with E-state index in [4.69, 9.17) is 6.42 Å². The van der Waals surface area contributed by atoms with E-state index < -0.39 is 0 Å². The molecule has 0 saturated heterocycles. The van der Waals surface area contributed by atoms with E-state index in [0.29, 0.717) is 0 Å². The second kappa shape index (κ2) is 8.95. The molecule has 33 valence electrons. The molecule has 0 bridgehead atoms. The second-order valence-corrected chi connectivity index (χ2v) is 0.558. The van der Waals surface area contributed by atoms with Gasteiger partial charge in [-0.2, -0.15) is 0 Å². The monoisotopic (exact) mass is 117 g/mol. The summed E-state index contributed by atoms with van der Waals surface area (Å²) in [5.74, 6) is 2.43. The van der Waals surface area contributed by atoms with Crippen LogP contribution in [0.1, 0.15) is 13.3 Å². The van der Waals surface area contributed by atoms with Gasteiger partial charge < -0.3 is 0 Å². The molecule has 0 nitrogen and oxygen atoms in total. The summed E-state index contributed by atoms with van der Waals surface area (Å²) in [5, 5.41) is 0. The molecule has 0 aromatic heterocycles. The van der Waals surface area contributed by atoms with E-state index in [1.54, 1.807) is 0 Å². The molecule has 0 saturated carbocycles. The quantitative estimate of drug-likeness (QED) is 0.329. The van der Waals surface area contributed by atoms with Crippen LogP contribution in [-0.4, -0.2) is 0 Å². The van der Waals surface area contributed by atoms with Gasteiger partial charge in [-0.15, -0.1) is 12.3 Å². The van der Waals surface area contributed by atoms with Crippen molar-refractivity contribution in [2.75, 3.05) is 0 Å². The van der Waals surface area contributed by atoms with Crippen LogP contribution in [0, 0.1) is 12.3 Å². The Hall–Kier alpha value is 0.0795. The normalized spacial score (nSPS) is 4.00. The van der Waals surface area contributed by atoms with Crippen molar-refractivity contribution in [1.29, 1.82) is 0 Å². The second-order valence-electron chi connectivity index (χ2n) is 0.558. The first-order chi connectivity index (χ1) is 1.91. The van der Waals surface area contributed by atoms with Crippen LogP contribution in [0.25, 0.3) is 0 Å². The van der Waals surface area contributed by atoms with Crippen molar-refractivity contribution < 1.29 is 17.1 Å². The molecule has 1 radical (unpaired) electrons. The van der Waals surface area contributed by atoms with Crippen molar-refractivity contribution in [2.24, 2.45) is 0 Å². The van der Waals surface area contributed by atoms with Crippen molar-refractivity contribution in [1.82, 2.24) is 0 Å². The maximum Gasteiger partial charge on any atom is 0.00576 e. The molecule has 5 heavy (non-hydrogen) atoms. The standard InChI is InChI=1S/C4H6.Cu/c1-3-4-2;/h1H,4H2,2H3;. The first-order valence-corrected chi connectivity index (χ1v) is 1.35. The fourth-order valence-electron chi connectivity index (χ4n) is 0. The van der Waals surface area contributed by atoms with Crippen LogP contribution < -0.4 is 0 Å². The summed E-state index contributed by atoms with van der Waals surface area (Å²) >= 11 is 0. The average Bonchev–Trinajstić information content (AvgIpc) is 1.37. The third-order valence-corrected chi connectivity index (χ3v) is 0.204. The molecule has 0 aliphatic carbocycles. The van der Waals surface area contributed by atoms with Gasteiger partial charge in [-0.1, -0.05) is 6.92 Å². The first-order valence-electron chi connectivity index (χ1n) is 1.35. The Balaban J connectivity index is 0. The summed E-state index contributed by atoms with van der Waals surface area (Å²) in [5.41, 5.74) is 0. The molecule has 0 heterocycles. The zero-order valence-corrected chi connectivity index (χ0v) is 4.03. The molecule has 0 aliphatic rings. The van der Waals surface area contributed by atoms with Crippen LogP contribution in [0.15, 0.2) is 0 Å². The van der Waals surface area contributed by atoms with E-state index in [1.807, 2.05) is 6.92 Å². The third-order valence-electron chi connectivity index (χ3n) is 0.204. The predicted octanol–water partition coefficient (Wildman–Crippen LogP) is 1.03. The third kappa shape index (κ3) is 15.1. The summed E-state index contributed by atoms with van der Waals surface area (Å²) in [4.78, 5) is 0. The molecular formula is C4H6Cu. The SMILES string of the molecule is C#CCC.[Cu]. The Morgan fingerprint density at radius 3 is 2.00 bits per heavy atom. The van der Waals surface area contributed by atoms with Gasteiger partial charge in [0.15, 0.2) is 0 Å². The summed E-state index contributed by atoms with van der Waals surface area (Å²) < 4.78 is 0. The van der Waals surface area contributed by atoms with Crippen LogP contribution >= 0.6 is 0 Å². The van der Waals surface area contributed by atoms with Crippen LogP contribution in [-0.2, 0) is 17.1 Å². The van der Waals surface area contributed by atoms with E-state index in [2.05, 4.69) is 5.92 Å². The van der Waals surface area contributed by atoms with Crippen molar-refractivity contribution in [3.63, 3.8) is 0 Å². The number of hydrogen-bond donors (Lipinski definition) is 0. The number of rotatable bonds is 0. The molecule has 0 amide bonds. The van der Waals surface area contributed by atoms with E-state index in [1.165, 1.54) is 0 Å². The average molecular weight is 118 g/mol. The van der Waals surface area contributed by atoms with Crippen LogP contribution in [0.3, 0.4) is 0 Å². The smallest absolute Gasteiger partial charge is 0.00576 e. The molecule has 1 heteroatoms. The van der Waals surface area contributed by atoms with Gasteiger partial charge in [0.25, 0.3) is 0 Å². The Bertz CT molecular complexity index is 33.4. The minimum absolute atomic E-state index is 0. The minimum Gasteiger partial charge on any atom is -0.120 e. The molecule has 0 aromatic carbocycles. The molecule has 0 aliphatic heterocycles. The van der Waals surface area contributed by atoms with Gasteiger partial charge in [0, 0.05) is 23.5 Å². The molecule has 0 N–H and O–H groups in total. The van der Waals surface area contributed by atoms with Gasteiger partial charge in [-0.3, -0.25) is 0 Å². The summed E-state index contributed by atoms with van der Waals surface area (Å²) in [6.45, 7) is 1.94. The molecule has 0 fully saturated rings. The topological polar surface area (TPSA) is 0 Å². The fraction of sp³-hybridized carbons (Fsp3) is 0.500. The Kier molecular flexibility index (Phi) is 15.9. The van der Waals surface area contributed by atoms with Gasteiger partial charge in [0.05, 0.1) is 0 Å². The van der Waals surface area contributed by atoms with Crippen LogP contribution in [0.2, 0.25) is 0 Å². The van der Waals surface area contributed by atoms with Crippen molar-refractivity contribution in [3.05, 3.63) is 0 Å². The summed E-state index contributed by atoms with van der Waals surface area (Å²) in [6, 6.07) is 0. The van der Waals surface area contributed by atoms with E-state index >= 15 is 0 Å². The maximum atomic E-state index is 4.78. The van der Waals surface area contributed by atoms with E-state index in [-0.39, 0.29) is 17.1 Å². The Morgan fingerprint density at radius 2 is 2.00 bits per heavy atom. The molecule has 0 spiro atoms. The van der Waals surface area contributed by atoms with Gasteiger partial charge in [0.2, 0.25) is 0 Å². The van der Waals surface area contributed by atoms with Gasteiger partial charge >= 0.3 is 0 Å². The van der Waals surface area contributed by atoms with Crippen molar-refractivity contribution in [2.45, 2.75) is 13.3 Å². The van der Waals surface area contributed by atoms with Gasteiger partial charge in [0.1, 0.15) is 0 Å². The zero-order chi connectivity index (χ0) is 3.41. The van der Waals surface area contributed by atoms with E-state index in [9.17, 15) is 0 Å². The summed E-state index contributed by atoms with van der Waals surface area (Å²) in [6.07, 6.45) is 5.62. The molecule has 0 rings (SSSR count). The van der Waals surface area contributed by atoms with Crippen LogP contribution in [0.4, 0.5) is 0 Å². The predicted molar refractivity (Wildman–Crippen MR) is 19.1 cm³/mol. The number of terminal acetylenes is 1. The first kappa shape index (κ1) is 8.91. The minimum atomic E-state index is 0. The van der Waals surface area contributed by atoms with Crippen LogP contribution in [0.5, 0.6) is 0 Å². The number of hydrogen-bond acceptors (Lipinski definition) is 0. The van der Waals surface area contributed by atoms with Crippen molar-refractivity contribution >= 4 is 0 Å². The Labute approximate surface area is 43.4 Å². The van der Waals surface area contributed by atoms with Crippen molar-refractivity contribution in [3.8, 4) is 12.3 Å². The van der Waals surface area contributed by atoms with Gasteiger partial charge in [-0.25, -0.2) is 0 Å². The summed E-state index contributed by atoms with van der Waals surface area (Å²) in [7, 11) is 0.